The van der Waals surface area contributed by atoms with Gasteiger partial charge in [-0.2, -0.15) is 0 Å². The van der Waals surface area contributed by atoms with Crippen molar-refractivity contribution >= 4 is 17.3 Å². The lowest BCUT2D eigenvalue weighted by atomic mass is 10.1. The summed E-state index contributed by atoms with van der Waals surface area (Å²) in [6, 6.07) is 13.1. The first-order valence-corrected chi connectivity index (χ1v) is 8.23. The molecule has 0 saturated carbocycles. The molecule has 0 aromatic heterocycles. The highest BCUT2D eigenvalue weighted by Crippen LogP contribution is 2.24. The van der Waals surface area contributed by atoms with Gasteiger partial charge in [-0.3, -0.25) is 4.79 Å². The first-order chi connectivity index (χ1) is 12.1. The minimum absolute atomic E-state index is 0.00541. The Morgan fingerprint density at radius 3 is 2.00 bits per heavy atom. The molecule has 132 valence electrons. The summed E-state index contributed by atoms with van der Waals surface area (Å²) in [5.41, 5.74) is 8.20. The van der Waals surface area contributed by atoms with Gasteiger partial charge in [-0.1, -0.05) is 0 Å². The van der Waals surface area contributed by atoms with Crippen molar-refractivity contribution in [3.8, 4) is 11.5 Å². The third-order valence-corrected chi connectivity index (χ3v) is 4.42. The van der Waals surface area contributed by atoms with Crippen LogP contribution in [0.4, 0.5) is 11.4 Å². The van der Waals surface area contributed by atoms with Crippen molar-refractivity contribution in [1.29, 1.82) is 0 Å². The lowest BCUT2D eigenvalue weighted by molar-refractivity contribution is 0.0746. The van der Waals surface area contributed by atoms with Crippen molar-refractivity contribution in [3.63, 3.8) is 0 Å². The fraction of sp³-hybridized carbons (Fsp3) is 0.316. The van der Waals surface area contributed by atoms with Crippen molar-refractivity contribution in [1.82, 2.24) is 4.90 Å². The van der Waals surface area contributed by atoms with Crippen LogP contribution in [0.5, 0.6) is 11.5 Å². The second-order valence-corrected chi connectivity index (χ2v) is 5.97. The van der Waals surface area contributed by atoms with E-state index in [1.807, 2.05) is 29.2 Å². The van der Waals surface area contributed by atoms with Crippen molar-refractivity contribution in [2.75, 3.05) is 51.0 Å². The number of nitrogens with two attached hydrogens (primary N) is 1. The van der Waals surface area contributed by atoms with Gasteiger partial charge in [0.25, 0.3) is 5.91 Å². The maximum absolute atomic E-state index is 12.8. The number of carbonyl (C=O) groups is 1. The molecule has 3 rings (SSSR count). The number of nitrogens with zero attached hydrogens (tertiary/aromatic N) is 2. The number of carbonyl (C=O) groups excluding carboxylic acids is 1. The van der Waals surface area contributed by atoms with E-state index < -0.39 is 0 Å². The Kier molecular flexibility index (Phi) is 4.97. The summed E-state index contributed by atoms with van der Waals surface area (Å²) in [4.78, 5) is 16.9. The first-order valence-electron chi connectivity index (χ1n) is 8.23. The third-order valence-electron chi connectivity index (χ3n) is 4.42. The second kappa shape index (κ2) is 7.34. The summed E-state index contributed by atoms with van der Waals surface area (Å²) in [7, 11) is 3.16. The summed E-state index contributed by atoms with van der Waals surface area (Å²) in [6.45, 7) is 2.92. The lowest BCUT2D eigenvalue weighted by Gasteiger charge is -2.36. The van der Waals surface area contributed by atoms with Gasteiger partial charge in [0.05, 0.1) is 14.2 Å². The van der Waals surface area contributed by atoms with Gasteiger partial charge in [0.15, 0.2) is 0 Å². The molecular weight excluding hydrogens is 318 g/mol. The monoisotopic (exact) mass is 341 g/mol. The van der Waals surface area contributed by atoms with Crippen LogP contribution in [0.1, 0.15) is 10.4 Å². The number of rotatable bonds is 4. The fourth-order valence-corrected chi connectivity index (χ4v) is 2.97. The van der Waals surface area contributed by atoms with Gasteiger partial charge in [-0.05, 0) is 36.4 Å². The number of benzene rings is 2. The van der Waals surface area contributed by atoms with Gasteiger partial charge in [0.2, 0.25) is 0 Å². The number of anilines is 2. The maximum Gasteiger partial charge on any atom is 0.254 e. The first kappa shape index (κ1) is 17.0. The van der Waals surface area contributed by atoms with E-state index in [2.05, 4.69) is 4.90 Å². The number of methoxy groups -OCH3 is 2. The summed E-state index contributed by atoms with van der Waals surface area (Å²) in [5, 5.41) is 0. The third kappa shape index (κ3) is 3.79. The molecular formula is C19H23N3O3. The van der Waals surface area contributed by atoms with E-state index in [0.717, 1.165) is 24.5 Å². The van der Waals surface area contributed by atoms with Crippen molar-refractivity contribution < 1.29 is 14.3 Å². The second-order valence-electron chi connectivity index (χ2n) is 5.97. The number of ether oxygens (including phenoxy) is 2. The average molecular weight is 341 g/mol. The number of amides is 1. The van der Waals surface area contributed by atoms with E-state index in [1.165, 1.54) is 0 Å². The highest BCUT2D eigenvalue weighted by atomic mass is 16.5. The largest absolute Gasteiger partial charge is 0.497 e. The predicted molar refractivity (Wildman–Crippen MR) is 98.5 cm³/mol. The minimum Gasteiger partial charge on any atom is -0.497 e. The lowest BCUT2D eigenvalue weighted by Crippen LogP contribution is -2.48. The topological polar surface area (TPSA) is 68.0 Å². The van der Waals surface area contributed by atoms with Gasteiger partial charge >= 0.3 is 0 Å². The van der Waals surface area contributed by atoms with Crippen LogP contribution in [0, 0.1) is 0 Å². The fourth-order valence-electron chi connectivity index (χ4n) is 2.97. The minimum atomic E-state index is -0.00541. The number of piperazine rings is 1. The van der Waals surface area contributed by atoms with Crippen LogP contribution >= 0.6 is 0 Å². The van der Waals surface area contributed by atoms with Gasteiger partial charge in [0.1, 0.15) is 11.5 Å². The Balaban J connectivity index is 1.68. The quantitative estimate of drug-likeness (QED) is 0.864. The SMILES string of the molecule is COc1cc(OC)cc(C(=O)N2CCN(c3ccc(N)cc3)CC2)c1. The molecule has 1 saturated heterocycles. The zero-order valence-corrected chi connectivity index (χ0v) is 14.6. The average Bonchev–Trinajstić information content (AvgIpc) is 2.67. The molecule has 1 amide bonds. The molecule has 2 N–H and O–H groups in total. The molecule has 2 aromatic carbocycles. The molecule has 0 unspecified atom stereocenters. The Morgan fingerprint density at radius 2 is 1.48 bits per heavy atom. The molecule has 6 heteroatoms. The highest BCUT2D eigenvalue weighted by Gasteiger charge is 2.23. The number of hydrogen-bond donors (Lipinski definition) is 1. The molecule has 0 spiro atoms. The molecule has 6 nitrogen and oxygen atoms in total. The normalized spacial score (nSPS) is 14.3. The Hall–Kier alpha value is -2.89. The summed E-state index contributed by atoms with van der Waals surface area (Å²) >= 11 is 0. The van der Waals surface area contributed by atoms with Crippen LogP contribution in [0.3, 0.4) is 0 Å². The molecule has 1 aliphatic rings. The predicted octanol–water partition coefficient (Wildman–Crippen LogP) is 2.25. The number of nitrogen functional groups attached to an aromatic ring is 1. The molecule has 0 bridgehead atoms. The van der Waals surface area contributed by atoms with E-state index >= 15 is 0 Å². The van der Waals surface area contributed by atoms with E-state index in [0.29, 0.717) is 30.2 Å². The Labute approximate surface area is 147 Å². The molecule has 1 fully saturated rings. The summed E-state index contributed by atoms with van der Waals surface area (Å²) in [5.74, 6) is 1.22. The molecule has 25 heavy (non-hydrogen) atoms. The van der Waals surface area contributed by atoms with Crippen LogP contribution < -0.4 is 20.1 Å². The van der Waals surface area contributed by atoms with Crippen molar-refractivity contribution in [2.45, 2.75) is 0 Å². The van der Waals surface area contributed by atoms with Gasteiger partial charge in [-0.15, -0.1) is 0 Å². The van der Waals surface area contributed by atoms with Crippen LogP contribution in [0.25, 0.3) is 0 Å². The molecule has 1 heterocycles. The molecule has 0 radical (unpaired) electrons. The van der Waals surface area contributed by atoms with Gasteiger partial charge in [-0.25, -0.2) is 0 Å². The standard InChI is InChI=1S/C19H23N3O3/c1-24-17-11-14(12-18(13-17)25-2)19(23)22-9-7-21(8-10-22)16-5-3-15(20)4-6-16/h3-6,11-13H,7-10,20H2,1-2H3. The van der Waals surface area contributed by atoms with Gasteiger partial charge in [0, 0.05) is 49.2 Å². The van der Waals surface area contributed by atoms with Gasteiger partial charge < -0.3 is 25.0 Å². The van der Waals surface area contributed by atoms with E-state index in [9.17, 15) is 4.79 Å². The van der Waals surface area contributed by atoms with Crippen LogP contribution in [0.2, 0.25) is 0 Å². The highest BCUT2D eigenvalue weighted by molar-refractivity contribution is 5.95. The van der Waals surface area contributed by atoms with E-state index in [1.54, 1.807) is 32.4 Å². The zero-order chi connectivity index (χ0) is 17.8. The molecule has 2 aromatic rings. The molecule has 0 aliphatic carbocycles. The Morgan fingerprint density at radius 1 is 0.920 bits per heavy atom. The summed E-state index contributed by atoms with van der Waals surface area (Å²) < 4.78 is 10.5. The number of hydrogen-bond acceptors (Lipinski definition) is 5. The van der Waals surface area contributed by atoms with E-state index in [4.69, 9.17) is 15.2 Å². The van der Waals surface area contributed by atoms with Crippen molar-refractivity contribution in [2.24, 2.45) is 0 Å². The van der Waals surface area contributed by atoms with Crippen LogP contribution in [-0.4, -0.2) is 51.2 Å². The maximum atomic E-state index is 12.8. The zero-order valence-electron chi connectivity index (χ0n) is 14.6. The summed E-state index contributed by atoms with van der Waals surface area (Å²) in [6.07, 6.45) is 0. The van der Waals surface area contributed by atoms with Crippen LogP contribution in [-0.2, 0) is 0 Å². The van der Waals surface area contributed by atoms with E-state index in [-0.39, 0.29) is 5.91 Å². The van der Waals surface area contributed by atoms with Crippen molar-refractivity contribution in [3.05, 3.63) is 48.0 Å². The Bertz CT molecular complexity index is 716. The smallest absolute Gasteiger partial charge is 0.254 e. The van der Waals surface area contributed by atoms with Crippen LogP contribution in [0.15, 0.2) is 42.5 Å². The molecule has 1 aliphatic heterocycles. The molecule has 0 atom stereocenters.